The molecular formula is C11H14N4O3S. The van der Waals surface area contributed by atoms with E-state index in [4.69, 9.17) is 4.52 Å². The molecular weight excluding hydrogens is 268 g/mol. The first-order chi connectivity index (χ1) is 9.03. The molecule has 2 rings (SSSR count). The van der Waals surface area contributed by atoms with Crippen LogP contribution < -0.4 is 10.0 Å². The van der Waals surface area contributed by atoms with E-state index >= 15 is 0 Å². The van der Waals surface area contributed by atoms with E-state index in [1.54, 1.807) is 26.1 Å². The Balaban J connectivity index is 2.18. The van der Waals surface area contributed by atoms with Crippen LogP contribution in [0.4, 0.5) is 5.69 Å². The Labute approximate surface area is 111 Å². The van der Waals surface area contributed by atoms with Crippen molar-refractivity contribution in [1.29, 1.82) is 0 Å². The second-order valence-electron chi connectivity index (χ2n) is 3.88. The van der Waals surface area contributed by atoms with Crippen molar-refractivity contribution in [1.82, 2.24) is 14.9 Å². The molecule has 102 valence electrons. The molecule has 2 aromatic rings. The maximum absolute atomic E-state index is 12.1. The van der Waals surface area contributed by atoms with E-state index in [9.17, 15) is 8.42 Å². The van der Waals surface area contributed by atoms with Gasteiger partial charge in [0.15, 0.2) is 0 Å². The van der Waals surface area contributed by atoms with Crippen molar-refractivity contribution in [3.05, 3.63) is 36.0 Å². The summed E-state index contributed by atoms with van der Waals surface area (Å²) in [5.74, 6) is 0.631. The zero-order valence-corrected chi connectivity index (χ0v) is 11.4. The molecule has 7 nitrogen and oxygen atoms in total. The van der Waals surface area contributed by atoms with Crippen molar-refractivity contribution in [3.63, 3.8) is 0 Å². The summed E-state index contributed by atoms with van der Waals surface area (Å²) in [6.07, 6.45) is 2.81. The van der Waals surface area contributed by atoms with Crippen LogP contribution >= 0.6 is 0 Å². The SMILES string of the molecule is CNc1ccncc1S(=O)(=O)NCc1cc(C)on1. The van der Waals surface area contributed by atoms with Gasteiger partial charge in [-0.2, -0.15) is 0 Å². The Morgan fingerprint density at radius 2 is 2.21 bits per heavy atom. The molecule has 0 aromatic carbocycles. The minimum absolute atomic E-state index is 0.0672. The third-order valence-corrected chi connectivity index (χ3v) is 3.89. The summed E-state index contributed by atoms with van der Waals surface area (Å²) in [5.41, 5.74) is 1.01. The lowest BCUT2D eigenvalue weighted by molar-refractivity contribution is 0.390. The molecule has 0 bridgehead atoms. The molecule has 2 heterocycles. The van der Waals surface area contributed by atoms with Crippen molar-refractivity contribution >= 4 is 15.7 Å². The molecule has 0 spiro atoms. The van der Waals surface area contributed by atoms with Gasteiger partial charge in [-0.05, 0) is 13.0 Å². The van der Waals surface area contributed by atoms with Gasteiger partial charge in [0.1, 0.15) is 10.7 Å². The zero-order valence-electron chi connectivity index (χ0n) is 10.5. The molecule has 0 atom stereocenters. The minimum atomic E-state index is -3.65. The molecule has 8 heteroatoms. The van der Waals surface area contributed by atoms with Gasteiger partial charge in [0.2, 0.25) is 10.0 Å². The number of aryl methyl sites for hydroxylation is 1. The first-order valence-corrected chi connectivity index (χ1v) is 7.05. The number of aromatic nitrogens is 2. The number of rotatable bonds is 5. The summed E-state index contributed by atoms with van der Waals surface area (Å²) in [7, 11) is -2.00. The highest BCUT2D eigenvalue weighted by Crippen LogP contribution is 2.18. The summed E-state index contributed by atoms with van der Waals surface area (Å²) in [4.78, 5) is 3.92. The van der Waals surface area contributed by atoms with Crippen LogP contribution in [-0.4, -0.2) is 25.6 Å². The Hall–Kier alpha value is -1.93. The van der Waals surface area contributed by atoms with Gasteiger partial charge in [0.05, 0.1) is 17.9 Å². The van der Waals surface area contributed by atoms with Gasteiger partial charge >= 0.3 is 0 Å². The van der Waals surface area contributed by atoms with Crippen LogP contribution in [0, 0.1) is 6.92 Å². The molecule has 0 fully saturated rings. The number of hydrogen-bond acceptors (Lipinski definition) is 6. The Morgan fingerprint density at radius 3 is 2.84 bits per heavy atom. The van der Waals surface area contributed by atoms with E-state index in [1.807, 2.05) is 0 Å². The first-order valence-electron chi connectivity index (χ1n) is 5.56. The smallest absolute Gasteiger partial charge is 0.244 e. The van der Waals surface area contributed by atoms with Crippen LogP contribution in [0.1, 0.15) is 11.5 Å². The maximum Gasteiger partial charge on any atom is 0.244 e. The fraction of sp³-hybridized carbons (Fsp3) is 0.273. The predicted octanol–water partition coefficient (Wildman–Crippen LogP) is 0.898. The van der Waals surface area contributed by atoms with Crippen molar-refractivity contribution < 1.29 is 12.9 Å². The molecule has 0 aliphatic heterocycles. The molecule has 2 aromatic heterocycles. The highest BCUT2D eigenvalue weighted by molar-refractivity contribution is 7.89. The van der Waals surface area contributed by atoms with Crippen LogP contribution in [0.2, 0.25) is 0 Å². The fourth-order valence-corrected chi connectivity index (χ4v) is 2.70. The Bertz CT molecular complexity index is 666. The van der Waals surface area contributed by atoms with Gasteiger partial charge in [-0.3, -0.25) is 4.98 Å². The summed E-state index contributed by atoms with van der Waals surface area (Å²) in [6, 6.07) is 3.26. The molecule has 0 aliphatic rings. The molecule has 19 heavy (non-hydrogen) atoms. The van der Waals surface area contributed by atoms with Crippen molar-refractivity contribution in [2.45, 2.75) is 18.4 Å². The van der Waals surface area contributed by atoms with Crippen LogP contribution in [-0.2, 0) is 16.6 Å². The second kappa shape index (κ2) is 5.37. The number of anilines is 1. The highest BCUT2D eigenvalue weighted by Gasteiger charge is 2.18. The van der Waals surface area contributed by atoms with E-state index in [0.717, 1.165) is 0 Å². The summed E-state index contributed by atoms with van der Waals surface area (Å²) < 4.78 is 31.6. The second-order valence-corrected chi connectivity index (χ2v) is 5.61. The lowest BCUT2D eigenvalue weighted by Crippen LogP contribution is -2.24. The number of hydrogen-bond donors (Lipinski definition) is 2. The topological polar surface area (TPSA) is 97.1 Å². The fourth-order valence-electron chi connectivity index (χ4n) is 1.55. The normalized spacial score (nSPS) is 11.5. The van der Waals surface area contributed by atoms with Gasteiger partial charge in [-0.25, -0.2) is 13.1 Å². The van der Waals surface area contributed by atoms with Gasteiger partial charge < -0.3 is 9.84 Å². The van der Waals surface area contributed by atoms with Crippen molar-refractivity contribution in [3.8, 4) is 0 Å². The number of nitrogens with one attached hydrogen (secondary N) is 2. The third-order valence-electron chi connectivity index (χ3n) is 2.46. The van der Waals surface area contributed by atoms with Crippen molar-refractivity contribution in [2.75, 3.05) is 12.4 Å². The summed E-state index contributed by atoms with van der Waals surface area (Å²) in [6.45, 7) is 1.81. The lowest BCUT2D eigenvalue weighted by atomic mass is 10.4. The average molecular weight is 282 g/mol. The third kappa shape index (κ3) is 3.09. The summed E-state index contributed by atoms with van der Waals surface area (Å²) >= 11 is 0. The molecule has 0 saturated carbocycles. The standard InChI is InChI=1S/C11H14N4O3S/c1-8-5-9(15-18-8)6-14-19(16,17)11-7-13-4-3-10(11)12-2/h3-5,7,14H,6H2,1-2H3,(H,12,13). The largest absolute Gasteiger partial charge is 0.387 e. The zero-order chi connectivity index (χ0) is 13.9. The van der Waals surface area contributed by atoms with E-state index in [0.29, 0.717) is 17.1 Å². The van der Waals surface area contributed by atoms with Gasteiger partial charge in [-0.1, -0.05) is 5.16 Å². The van der Waals surface area contributed by atoms with Crippen LogP contribution in [0.15, 0.2) is 33.9 Å². The molecule has 0 amide bonds. The van der Waals surface area contributed by atoms with Gasteiger partial charge in [-0.15, -0.1) is 0 Å². The number of pyridine rings is 1. The van der Waals surface area contributed by atoms with E-state index in [-0.39, 0.29) is 11.4 Å². The molecule has 2 N–H and O–H groups in total. The number of sulfonamides is 1. The van der Waals surface area contributed by atoms with E-state index in [1.165, 1.54) is 12.4 Å². The molecule has 0 unspecified atom stereocenters. The Morgan fingerprint density at radius 1 is 1.42 bits per heavy atom. The average Bonchev–Trinajstić information content (AvgIpc) is 2.82. The summed E-state index contributed by atoms with van der Waals surface area (Å²) in [5, 5.41) is 6.53. The molecule has 0 saturated heterocycles. The minimum Gasteiger partial charge on any atom is -0.387 e. The highest BCUT2D eigenvalue weighted by atomic mass is 32.2. The van der Waals surface area contributed by atoms with Crippen LogP contribution in [0.25, 0.3) is 0 Å². The van der Waals surface area contributed by atoms with Crippen LogP contribution in [0.5, 0.6) is 0 Å². The first kappa shape index (κ1) is 13.5. The maximum atomic E-state index is 12.1. The quantitative estimate of drug-likeness (QED) is 0.845. The van der Waals surface area contributed by atoms with Crippen LogP contribution in [0.3, 0.4) is 0 Å². The number of nitrogens with zero attached hydrogens (tertiary/aromatic N) is 2. The predicted molar refractivity (Wildman–Crippen MR) is 69.0 cm³/mol. The van der Waals surface area contributed by atoms with Crippen molar-refractivity contribution in [2.24, 2.45) is 0 Å². The Kier molecular flexibility index (Phi) is 3.82. The van der Waals surface area contributed by atoms with E-state index in [2.05, 4.69) is 20.2 Å². The van der Waals surface area contributed by atoms with Gasteiger partial charge in [0.25, 0.3) is 0 Å². The molecule has 0 aliphatic carbocycles. The monoisotopic (exact) mass is 282 g/mol. The molecule has 0 radical (unpaired) electrons. The van der Waals surface area contributed by atoms with E-state index < -0.39 is 10.0 Å². The lowest BCUT2D eigenvalue weighted by Gasteiger charge is -2.09. The van der Waals surface area contributed by atoms with Gasteiger partial charge in [0, 0.05) is 25.5 Å².